The summed E-state index contributed by atoms with van der Waals surface area (Å²) in [6.07, 6.45) is 1.60. The SMILES string of the molecule is CC1(C)C(C)(C)C1(F)/C=C/Br. The van der Waals surface area contributed by atoms with E-state index >= 15 is 0 Å². The van der Waals surface area contributed by atoms with Crippen LogP contribution in [0.2, 0.25) is 0 Å². The van der Waals surface area contributed by atoms with Crippen molar-refractivity contribution >= 4 is 15.9 Å². The normalized spacial score (nSPS) is 30.7. The maximum absolute atomic E-state index is 13.9. The third-order valence-corrected chi connectivity index (χ3v) is 3.88. The standard InChI is InChI=1S/C9H14BrF/c1-7(2)8(3,4)9(7,11)5-6-10/h5-6H,1-4H3/b6-5+. The van der Waals surface area contributed by atoms with E-state index in [1.807, 2.05) is 27.7 Å². The van der Waals surface area contributed by atoms with Crippen molar-refractivity contribution in [3.63, 3.8) is 0 Å². The number of rotatable bonds is 1. The fraction of sp³-hybridized carbons (Fsp3) is 0.778. The molecule has 11 heavy (non-hydrogen) atoms. The number of hydrogen-bond donors (Lipinski definition) is 0. The minimum Gasteiger partial charge on any atom is -0.238 e. The van der Waals surface area contributed by atoms with Gasteiger partial charge in [-0.1, -0.05) is 43.6 Å². The van der Waals surface area contributed by atoms with Crippen LogP contribution in [0, 0.1) is 10.8 Å². The molecule has 0 aliphatic heterocycles. The van der Waals surface area contributed by atoms with Gasteiger partial charge in [0.25, 0.3) is 0 Å². The topological polar surface area (TPSA) is 0 Å². The average Bonchev–Trinajstić information content (AvgIpc) is 2.12. The molecule has 0 amide bonds. The van der Waals surface area contributed by atoms with Gasteiger partial charge in [0.15, 0.2) is 0 Å². The quantitative estimate of drug-likeness (QED) is 0.633. The summed E-state index contributed by atoms with van der Waals surface area (Å²) in [7, 11) is 0. The van der Waals surface area contributed by atoms with E-state index < -0.39 is 5.67 Å². The Kier molecular flexibility index (Phi) is 1.76. The maximum atomic E-state index is 13.9. The lowest BCUT2D eigenvalue weighted by molar-refractivity contribution is 0.290. The summed E-state index contributed by atoms with van der Waals surface area (Å²) < 4.78 is 13.9. The molecule has 1 aliphatic carbocycles. The summed E-state index contributed by atoms with van der Waals surface area (Å²) in [5, 5.41) is 0. The Morgan fingerprint density at radius 3 is 1.55 bits per heavy atom. The number of alkyl halides is 1. The van der Waals surface area contributed by atoms with Crippen molar-refractivity contribution in [2.75, 3.05) is 0 Å². The molecule has 0 saturated heterocycles. The molecule has 0 aromatic carbocycles. The maximum Gasteiger partial charge on any atom is 0.141 e. The molecule has 0 spiro atoms. The molecule has 2 heteroatoms. The van der Waals surface area contributed by atoms with Gasteiger partial charge < -0.3 is 0 Å². The van der Waals surface area contributed by atoms with Gasteiger partial charge in [0.2, 0.25) is 0 Å². The fourth-order valence-corrected chi connectivity index (χ4v) is 2.16. The Labute approximate surface area is 76.0 Å². The lowest BCUT2D eigenvalue weighted by atomic mass is 10.0. The fourth-order valence-electron chi connectivity index (χ4n) is 1.79. The molecule has 1 fully saturated rings. The van der Waals surface area contributed by atoms with E-state index in [-0.39, 0.29) is 10.8 Å². The molecule has 0 atom stereocenters. The van der Waals surface area contributed by atoms with Crippen LogP contribution in [-0.2, 0) is 0 Å². The lowest BCUT2D eigenvalue weighted by Gasteiger charge is -2.02. The summed E-state index contributed by atoms with van der Waals surface area (Å²) in [6.45, 7) is 7.83. The molecule has 0 bridgehead atoms. The molecule has 0 unspecified atom stereocenters. The van der Waals surface area contributed by atoms with Crippen LogP contribution >= 0.6 is 15.9 Å². The lowest BCUT2D eigenvalue weighted by Crippen LogP contribution is -2.05. The van der Waals surface area contributed by atoms with Crippen molar-refractivity contribution in [2.45, 2.75) is 33.4 Å². The summed E-state index contributed by atoms with van der Waals surface area (Å²) in [6, 6.07) is 0. The van der Waals surface area contributed by atoms with E-state index in [1.165, 1.54) is 0 Å². The summed E-state index contributed by atoms with van der Waals surface area (Å²) >= 11 is 3.11. The molecule has 0 aromatic heterocycles. The minimum atomic E-state index is -1.14. The minimum absolute atomic E-state index is 0.232. The van der Waals surface area contributed by atoms with Gasteiger partial charge in [-0.3, -0.25) is 0 Å². The Hall–Kier alpha value is 0.150. The molecule has 0 nitrogen and oxygen atoms in total. The number of hydrogen-bond acceptors (Lipinski definition) is 0. The molecule has 0 N–H and O–H groups in total. The van der Waals surface area contributed by atoms with Gasteiger partial charge in [-0.15, -0.1) is 0 Å². The van der Waals surface area contributed by atoms with Gasteiger partial charge in [0.1, 0.15) is 5.67 Å². The van der Waals surface area contributed by atoms with Crippen LogP contribution in [0.1, 0.15) is 27.7 Å². The van der Waals surface area contributed by atoms with Crippen molar-refractivity contribution in [1.82, 2.24) is 0 Å². The summed E-state index contributed by atoms with van der Waals surface area (Å²) in [5.41, 5.74) is -1.60. The summed E-state index contributed by atoms with van der Waals surface area (Å²) in [5.74, 6) is 0. The third-order valence-electron chi connectivity index (χ3n) is 3.61. The second kappa shape index (κ2) is 2.09. The zero-order chi connectivity index (χ0) is 8.91. The van der Waals surface area contributed by atoms with Crippen molar-refractivity contribution in [1.29, 1.82) is 0 Å². The number of halogens is 2. The van der Waals surface area contributed by atoms with Crippen molar-refractivity contribution in [3.05, 3.63) is 11.1 Å². The van der Waals surface area contributed by atoms with Crippen molar-refractivity contribution in [2.24, 2.45) is 10.8 Å². The second-order valence-electron chi connectivity index (χ2n) is 4.25. The van der Waals surface area contributed by atoms with Gasteiger partial charge in [-0.2, -0.15) is 0 Å². The van der Waals surface area contributed by atoms with E-state index in [0.717, 1.165) is 0 Å². The van der Waals surface area contributed by atoms with Crippen LogP contribution in [0.5, 0.6) is 0 Å². The van der Waals surface area contributed by atoms with Crippen LogP contribution in [0.15, 0.2) is 11.1 Å². The van der Waals surface area contributed by atoms with Crippen LogP contribution in [-0.4, -0.2) is 5.67 Å². The predicted octanol–water partition coefficient (Wildman–Crippen LogP) is 3.67. The Balaban J connectivity index is 2.96. The van der Waals surface area contributed by atoms with E-state index in [2.05, 4.69) is 15.9 Å². The Morgan fingerprint density at radius 1 is 1.09 bits per heavy atom. The first-order chi connectivity index (χ1) is 4.81. The van der Waals surface area contributed by atoms with E-state index in [9.17, 15) is 4.39 Å². The van der Waals surface area contributed by atoms with Crippen molar-refractivity contribution < 1.29 is 4.39 Å². The molecule has 1 rings (SSSR count). The van der Waals surface area contributed by atoms with Crippen LogP contribution < -0.4 is 0 Å². The zero-order valence-corrected chi connectivity index (χ0v) is 9.00. The molecular weight excluding hydrogens is 207 g/mol. The third kappa shape index (κ3) is 0.793. The molecule has 0 radical (unpaired) electrons. The van der Waals surface area contributed by atoms with E-state index in [4.69, 9.17) is 0 Å². The zero-order valence-electron chi connectivity index (χ0n) is 7.41. The number of allylic oxidation sites excluding steroid dienone is 1. The van der Waals surface area contributed by atoms with Gasteiger partial charge in [0, 0.05) is 10.8 Å². The molecule has 1 saturated carbocycles. The smallest absolute Gasteiger partial charge is 0.141 e. The molecular formula is C9H14BrF. The highest BCUT2D eigenvalue weighted by Gasteiger charge is 2.77. The van der Waals surface area contributed by atoms with Crippen LogP contribution in [0.25, 0.3) is 0 Å². The van der Waals surface area contributed by atoms with E-state index in [1.54, 1.807) is 11.1 Å². The van der Waals surface area contributed by atoms with Crippen molar-refractivity contribution in [3.8, 4) is 0 Å². The first-order valence-corrected chi connectivity index (χ1v) is 4.69. The Morgan fingerprint density at radius 2 is 1.45 bits per heavy atom. The largest absolute Gasteiger partial charge is 0.238 e. The molecule has 0 heterocycles. The highest BCUT2D eigenvalue weighted by molar-refractivity contribution is 9.11. The average molecular weight is 221 g/mol. The molecule has 0 aromatic rings. The van der Waals surface area contributed by atoms with E-state index in [0.29, 0.717) is 0 Å². The van der Waals surface area contributed by atoms with Gasteiger partial charge in [-0.05, 0) is 11.1 Å². The van der Waals surface area contributed by atoms with Gasteiger partial charge >= 0.3 is 0 Å². The Bertz CT molecular complexity index is 190. The summed E-state index contributed by atoms with van der Waals surface area (Å²) in [4.78, 5) is 1.61. The molecule has 64 valence electrons. The highest BCUT2D eigenvalue weighted by atomic mass is 79.9. The first-order valence-electron chi connectivity index (χ1n) is 3.78. The van der Waals surface area contributed by atoms with Crippen LogP contribution in [0.4, 0.5) is 4.39 Å². The monoisotopic (exact) mass is 220 g/mol. The molecule has 1 aliphatic rings. The van der Waals surface area contributed by atoms with Crippen LogP contribution in [0.3, 0.4) is 0 Å². The highest BCUT2D eigenvalue weighted by Crippen LogP contribution is 2.74. The van der Waals surface area contributed by atoms with Gasteiger partial charge in [-0.25, -0.2) is 4.39 Å². The first kappa shape index (κ1) is 9.24. The predicted molar refractivity (Wildman–Crippen MR) is 49.5 cm³/mol. The van der Waals surface area contributed by atoms with Gasteiger partial charge in [0.05, 0.1) is 0 Å². The second-order valence-corrected chi connectivity index (χ2v) is 4.78.